The quantitative estimate of drug-likeness (QED) is 0.0179. The molecule has 0 aromatic rings. The predicted molar refractivity (Wildman–Crippen MR) is 583 cm³/mol. The second-order valence-corrected chi connectivity index (χ2v) is 89.0. The minimum atomic E-state index is -2.46. The standard InChI is InChI=1S/C36H64O10Si3.C25H50O6Si3.C22H42O6Si3.C19H36O6Si2/c1-11-15-35(39)41-29-19-17-27(25-31(29)43-33(37)13-3)21-23-47(5,6)45-49(9,10)46-48(7,8)24-22-28-18-20-30(42-36(40)16-12-2)32(26-28)44-34(38)14-4;1-10-13-18-32(4,5)30-34(8,9)31-33(6,7)19-17-21-15-16-22(28-25(27)14-11-2)23(20-21)29-24(26)12-3;1-8-11-22(24)26-19-13-12-18(16-20(19)27-21(23)9-2)14-15-31(7,17-29(25)10-3)28-30(4,5)6;1-7-10-18(20)24-14-17(25-19(21)16(3)4)13-23-11-9-12-27(5,6)15-26(22)8-2/h13-14,27-32H,3-4,11-12,15-26H2,1-2,5-10H3;12,21-23H,3,10-11,13-20H2,1-2,4-9H3;9,18-20H,2,8,10-17H2,1,3-7H3;17H,3,7-15H2,1-2,4-6H3. The number of hydrogen-bond donors (Lipinski definition) is 0. The van der Waals surface area contributed by atoms with E-state index in [4.69, 9.17) is 72.7 Å². The molecule has 0 amide bonds. The lowest BCUT2D eigenvalue weighted by Gasteiger charge is -2.40. The van der Waals surface area contributed by atoms with E-state index in [0.717, 1.165) is 149 Å². The fourth-order valence-corrected chi connectivity index (χ4v) is 67.8. The van der Waals surface area contributed by atoms with Crippen molar-refractivity contribution in [2.24, 2.45) is 23.7 Å². The predicted octanol–water partition coefficient (Wildman–Crippen LogP) is 24.4. The molecule has 0 heterocycles. The molecule has 0 saturated heterocycles. The third-order valence-corrected chi connectivity index (χ3v) is 67.1. The molecule has 0 bridgehead atoms. The molecule has 0 radical (unpaired) electrons. The first-order valence-electron chi connectivity index (χ1n) is 52.9. The number of ether oxygens (including phenoxy) is 11. The van der Waals surface area contributed by atoms with Crippen LogP contribution in [0.2, 0.25) is 178 Å². The van der Waals surface area contributed by atoms with E-state index >= 15 is 0 Å². The van der Waals surface area contributed by atoms with Crippen molar-refractivity contribution in [2.75, 3.05) is 19.8 Å². The zero-order valence-corrected chi connectivity index (χ0v) is 103. The fraction of sp³-hybridized carbons (Fsp3) is 0.804. The minimum Gasteiger partial charge on any atom is -0.462 e. The van der Waals surface area contributed by atoms with Gasteiger partial charge in [0.25, 0.3) is 17.4 Å². The van der Waals surface area contributed by atoms with Gasteiger partial charge in [0.2, 0.25) is 0 Å². The molecule has 0 N–H and O–H groups in total. The number of esters is 10. The Morgan fingerprint density at radius 1 is 0.348 bits per heavy atom. The van der Waals surface area contributed by atoms with Crippen LogP contribution >= 0.6 is 0 Å². The molecule has 4 fully saturated rings. The Labute approximate surface area is 863 Å². The zero-order chi connectivity index (χ0) is 107. The Kier molecular flexibility index (Phi) is 64.7. The van der Waals surface area contributed by atoms with E-state index in [1.807, 2.05) is 48.5 Å². The van der Waals surface area contributed by atoms with E-state index in [-0.39, 0.29) is 49.2 Å². The van der Waals surface area contributed by atoms with Crippen LogP contribution in [0.4, 0.5) is 0 Å². The van der Waals surface area contributed by atoms with Gasteiger partial charge < -0.3 is 81.6 Å². The van der Waals surface area contributed by atoms with Crippen molar-refractivity contribution in [2.45, 2.75) is 481 Å². The summed E-state index contributed by atoms with van der Waals surface area (Å²) in [6, 6.07) is 7.66. The molecule has 14 unspecified atom stereocenters. The van der Waals surface area contributed by atoms with Crippen molar-refractivity contribution >= 4 is 152 Å². The summed E-state index contributed by atoms with van der Waals surface area (Å²) in [4.78, 5) is 120. The van der Waals surface area contributed by atoms with Crippen LogP contribution in [-0.4, -0.2) is 227 Å². The largest absolute Gasteiger partial charge is 0.462 e. The summed E-state index contributed by atoms with van der Waals surface area (Å²) in [6.45, 7) is 76.0. The molecule has 0 aromatic heterocycles. The SMILES string of the molecule is C=C(C)C(=O)OC(COCCC[Si](C)(C)C[Si](=O)CC)COC(=O)CCC.C=CC(=O)OC1CC(CC[Si](C)(C)O[Si](C)(C)O[Si](C)(C)CCC2CCC(OC(=O)CCC)C(OC(=O)C=C)C2)CCC1OC(=O)CCC.C=CC(=O)OC1CC(CC[Si](C)(C)O[Si](C)(C)O[Si](C)(C)CCCC)CCC1OC(=O)CCC.C=CC(=O)OC1CC(CC[Si](C)(C[Si](=O)CC)O[Si](C)(C)C)CCC1OC(=O)CCC. The summed E-state index contributed by atoms with van der Waals surface area (Å²) in [6.07, 6.45) is 22.4. The van der Waals surface area contributed by atoms with Crippen LogP contribution in [0.25, 0.3) is 0 Å². The molecule has 0 aliphatic heterocycles. The maximum atomic E-state index is 12.4. The van der Waals surface area contributed by atoms with Crippen molar-refractivity contribution < 1.29 is 130 Å². The number of unbranched alkanes of at least 4 members (excludes halogenated alkanes) is 1. The molecule has 28 nitrogen and oxygen atoms in total. The second-order valence-electron chi connectivity index (χ2n) is 44.4. The smallest absolute Gasteiger partial charge is 0.333 e. The van der Waals surface area contributed by atoms with E-state index < -0.39 is 171 Å². The van der Waals surface area contributed by atoms with Crippen LogP contribution in [0.1, 0.15) is 249 Å². The monoisotopic (exact) mass is 2170 g/mol. The minimum absolute atomic E-state index is 0.0173. The summed E-state index contributed by atoms with van der Waals surface area (Å²) in [5, 5.41) is 0. The van der Waals surface area contributed by atoms with E-state index in [1.165, 1.54) is 25.0 Å². The molecular weight excluding hydrogens is 1980 g/mol. The van der Waals surface area contributed by atoms with Gasteiger partial charge in [0, 0.05) is 74.3 Å². The van der Waals surface area contributed by atoms with Crippen LogP contribution in [0.5, 0.6) is 0 Å². The molecular formula is C102H192O28Si11. The van der Waals surface area contributed by atoms with Crippen LogP contribution in [-0.2, 0) is 130 Å². The Morgan fingerprint density at radius 3 is 0.929 bits per heavy atom. The molecule has 141 heavy (non-hydrogen) atoms. The molecule has 4 saturated carbocycles. The van der Waals surface area contributed by atoms with E-state index in [2.05, 4.69) is 158 Å². The Balaban J connectivity index is 0.000000967. The van der Waals surface area contributed by atoms with E-state index in [9.17, 15) is 56.9 Å². The Morgan fingerprint density at radius 2 is 0.645 bits per heavy atom. The summed E-state index contributed by atoms with van der Waals surface area (Å²) >= 11 is 0. The topological polar surface area (TPSA) is 353 Å². The van der Waals surface area contributed by atoms with Crippen LogP contribution in [0, 0.1) is 23.7 Å². The Hall–Kier alpha value is -4.85. The fourth-order valence-electron chi connectivity index (χ4n) is 18.9. The highest BCUT2D eigenvalue weighted by molar-refractivity contribution is 6.90. The number of carbonyl (C=O) groups excluding carboxylic acids is 10. The molecule has 14 atom stereocenters. The molecule has 0 aromatic carbocycles. The Bertz CT molecular complexity index is 3790. The normalized spacial score (nSPS) is 21.4. The summed E-state index contributed by atoms with van der Waals surface area (Å²) in [5.41, 5.74) is 1.93. The van der Waals surface area contributed by atoms with Gasteiger partial charge in [-0.05, 0) is 299 Å². The highest BCUT2D eigenvalue weighted by Crippen LogP contribution is 2.41. The van der Waals surface area contributed by atoms with Gasteiger partial charge in [0.05, 0.1) is 14.7 Å². The van der Waals surface area contributed by atoms with Crippen molar-refractivity contribution in [3.05, 3.63) is 62.8 Å². The van der Waals surface area contributed by atoms with Gasteiger partial charge in [-0.2, -0.15) is 0 Å². The number of hydrogen-bond acceptors (Lipinski definition) is 28. The lowest BCUT2D eigenvalue weighted by molar-refractivity contribution is -0.170. The summed E-state index contributed by atoms with van der Waals surface area (Å²) in [5.74, 6) is -2.24. The number of carbonyl (C=O) groups is 10. The molecule has 39 heteroatoms. The van der Waals surface area contributed by atoms with Crippen LogP contribution in [0.15, 0.2) is 62.8 Å². The maximum Gasteiger partial charge on any atom is 0.333 e. The lowest BCUT2D eigenvalue weighted by atomic mass is 9.83. The van der Waals surface area contributed by atoms with Gasteiger partial charge in [-0.25, -0.2) is 24.0 Å². The van der Waals surface area contributed by atoms with Gasteiger partial charge in [-0.1, -0.05) is 146 Å². The highest BCUT2D eigenvalue weighted by Gasteiger charge is 2.47. The van der Waals surface area contributed by atoms with Crippen LogP contribution in [0.3, 0.4) is 0 Å². The highest BCUT2D eigenvalue weighted by atomic mass is 28.5. The summed E-state index contributed by atoms with van der Waals surface area (Å²) < 4.78 is 119. The van der Waals surface area contributed by atoms with E-state index in [1.54, 1.807) is 6.92 Å². The molecule has 4 rings (SSSR count). The van der Waals surface area contributed by atoms with Gasteiger partial charge in [0.1, 0.15) is 55.4 Å². The maximum absolute atomic E-state index is 12.4. The van der Waals surface area contributed by atoms with Crippen molar-refractivity contribution in [1.29, 1.82) is 0 Å². The van der Waals surface area contributed by atoms with Gasteiger partial charge >= 0.3 is 76.8 Å². The van der Waals surface area contributed by atoms with Crippen molar-refractivity contribution in [3.63, 3.8) is 0 Å². The average Bonchev–Trinajstić information content (AvgIpc) is 0.826. The van der Waals surface area contributed by atoms with Crippen molar-refractivity contribution in [1.82, 2.24) is 0 Å². The van der Waals surface area contributed by atoms with Gasteiger partial charge in [0.15, 0.2) is 56.0 Å². The van der Waals surface area contributed by atoms with Gasteiger partial charge in [-0.3, -0.25) is 24.0 Å². The first-order valence-corrected chi connectivity index (χ1v) is 84.3. The average molecular weight is 2180 g/mol. The van der Waals surface area contributed by atoms with E-state index in [0.29, 0.717) is 132 Å². The first-order chi connectivity index (χ1) is 65.6. The van der Waals surface area contributed by atoms with Crippen LogP contribution < -0.4 is 0 Å². The third kappa shape index (κ3) is 61.6. The van der Waals surface area contributed by atoms with Gasteiger partial charge in [-0.15, -0.1) is 0 Å². The molecule has 812 valence electrons. The second kappa shape index (κ2) is 68.0. The summed E-state index contributed by atoms with van der Waals surface area (Å²) in [7, 11) is -20.8. The first kappa shape index (κ1) is 134. The molecule has 4 aliphatic rings. The lowest BCUT2D eigenvalue weighted by Crippen LogP contribution is -2.52. The van der Waals surface area contributed by atoms with Crippen molar-refractivity contribution in [3.8, 4) is 0 Å². The zero-order valence-electron chi connectivity index (χ0n) is 92.5. The number of rotatable bonds is 63. The molecule has 0 spiro atoms. The third-order valence-electron chi connectivity index (χ3n) is 25.4. The molecule has 4 aliphatic carbocycles.